The molecule has 0 amide bonds. The first-order valence-corrected chi connectivity index (χ1v) is 4.22. The summed E-state index contributed by atoms with van der Waals surface area (Å²) in [4.78, 5) is 20.5. The van der Waals surface area contributed by atoms with E-state index in [0.29, 0.717) is 5.56 Å². The maximum absolute atomic E-state index is 10.7. The molecule has 0 bridgehead atoms. The van der Waals surface area contributed by atoms with Gasteiger partial charge in [-0.1, -0.05) is 0 Å². The maximum Gasteiger partial charge on any atom is 0.320 e. The highest BCUT2D eigenvalue weighted by atomic mass is 35.5. The number of rotatable bonds is 4. The molecular weight excluding hydrogens is 236 g/mol. The number of non-ortho nitro benzene ring substituents is 1. The highest BCUT2D eigenvalue weighted by Crippen LogP contribution is 2.12. The van der Waals surface area contributed by atoms with E-state index in [-0.39, 0.29) is 31.2 Å². The van der Waals surface area contributed by atoms with Gasteiger partial charge in [-0.05, 0) is 17.7 Å². The number of carbonyl (C=O) groups is 1. The second-order valence-electron chi connectivity index (χ2n) is 2.79. The molecule has 0 saturated carbocycles. The van der Waals surface area contributed by atoms with Crippen molar-refractivity contribution < 1.29 is 14.5 Å². The van der Waals surface area contributed by atoms with Crippen molar-refractivity contribution in [2.75, 3.05) is 6.54 Å². The molecule has 0 spiro atoms. The van der Waals surface area contributed by atoms with Crippen LogP contribution in [0.2, 0.25) is 0 Å². The van der Waals surface area contributed by atoms with E-state index in [4.69, 9.17) is 10.5 Å². The number of nitrogens with two attached hydrogens (primary N) is 1. The molecule has 0 radical (unpaired) electrons. The molecule has 0 unspecified atom stereocenters. The van der Waals surface area contributed by atoms with Crippen LogP contribution in [0.4, 0.5) is 5.69 Å². The normalized spacial score (nSPS) is 9.06. The lowest BCUT2D eigenvalue weighted by Gasteiger charge is -2.02. The molecule has 7 heteroatoms. The van der Waals surface area contributed by atoms with Crippen LogP contribution in [0.5, 0.6) is 0 Å². The molecule has 0 aliphatic heterocycles. The van der Waals surface area contributed by atoms with Crippen molar-refractivity contribution in [3.05, 3.63) is 39.9 Å². The van der Waals surface area contributed by atoms with Crippen LogP contribution in [0.25, 0.3) is 0 Å². The molecule has 1 rings (SSSR count). The first-order chi connectivity index (χ1) is 7.13. The molecule has 0 aliphatic rings. The van der Waals surface area contributed by atoms with E-state index in [1.807, 2.05) is 0 Å². The van der Waals surface area contributed by atoms with Gasteiger partial charge < -0.3 is 10.5 Å². The molecule has 6 nitrogen and oxygen atoms in total. The van der Waals surface area contributed by atoms with Crippen molar-refractivity contribution in [2.24, 2.45) is 5.73 Å². The quantitative estimate of drug-likeness (QED) is 0.486. The number of hydrogen-bond donors (Lipinski definition) is 1. The Morgan fingerprint density at radius 2 is 1.94 bits per heavy atom. The molecule has 1 aromatic carbocycles. The summed E-state index contributed by atoms with van der Waals surface area (Å²) in [6.45, 7) is -0.0962. The standard InChI is InChI=1S/C9H10N2O4.ClH/c10-5-9(12)15-6-7-1-3-8(4-2-7)11(13)14;/h1-4H,5-6,10H2;1H. The Bertz CT molecular complexity index is 366. The average molecular weight is 247 g/mol. The lowest BCUT2D eigenvalue weighted by molar-refractivity contribution is -0.384. The Balaban J connectivity index is 0.00000225. The van der Waals surface area contributed by atoms with E-state index in [1.165, 1.54) is 24.3 Å². The van der Waals surface area contributed by atoms with Gasteiger partial charge in [-0.15, -0.1) is 12.4 Å². The second-order valence-corrected chi connectivity index (χ2v) is 2.79. The molecule has 0 heterocycles. The van der Waals surface area contributed by atoms with Gasteiger partial charge in [0, 0.05) is 12.1 Å². The summed E-state index contributed by atoms with van der Waals surface area (Å²) >= 11 is 0. The summed E-state index contributed by atoms with van der Waals surface area (Å²) in [5.74, 6) is -0.506. The van der Waals surface area contributed by atoms with E-state index >= 15 is 0 Å². The topological polar surface area (TPSA) is 95.5 Å². The third-order valence-corrected chi connectivity index (χ3v) is 1.71. The predicted octanol–water partition coefficient (Wildman–Crippen LogP) is 1.02. The van der Waals surface area contributed by atoms with Crippen LogP contribution in [0.15, 0.2) is 24.3 Å². The van der Waals surface area contributed by atoms with Crippen molar-refractivity contribution in [1.29, 1.82) is 0 Å². The Morgan fingerprint density at radius 3 is 2.38 bits per heavy atom. The minimum Gasteiger partial charge on any atom is -0.460 e. The SMILES string of the molecule is Cl.NCC(=O)OCc1ccc([N+](=O)[O-])cc1. The summed E-state index contributed by atoms with van der Waals surface area (Å²) in [5.41, 5.74) is 5.72. The largest absolute Gasteiger partial charge is 0.460 e. The van der Waals surface area contributed by atoms with Crippen molar-refractivity contribution in [3.63, 3.8) is 0 Å². The third-order valence-electron chi connectivity index (χ3n) is 1.71. The Labute approximate surface area is 97.9 Å². The maximum atomic E-state index is 10.7. The molecule has 0 fully saturated rings. The zero-order valence-corrected chi connectivity index (χ0v) is 9.11. The van der Waals surface area contributed by atoms with E-state index in [0.717, 1.165) is 0 Å². The summed E-state index contributed by atoms with van der Waals surface area (Å²) < 4.78 is 4.74. The molecular formula is C9H11ClN2O4. The Hall–Kier alpha value is -1.66. The fraction of sp³-hybridized carbons (Fsp3) is 0.222. The fourth-order valence-corrected chi connectivity index (χ4v) is 0.937. The van der Waals surface area contributed by atoms with Crippen molar-refractivity contribution in [2.45, 2.75) is 6.61 Å². The number of nitrogens with zero attached hydrogens (tertiary/aromatic N) is 1. The molecule has 16 heavy (non-hydrogen) atoms. The number of benzene rings is 1. The molecule has 0 saturated heterocycles. The summed E-state index contributed by atoms with van der Waals surface area (Å²) in [6.07, 6.45) is 0. The Kier molecular flexibility index (Phi) is 6.06. The smallest absolute Gasteiger partial charge is 0.320 e. The summed E-state index contributed by atoms with van der Waals surface area (Å²) in [5, 5.41) is 10.3. The van der Waals surface area contributed by atoms with Crippen molar-refractivity contribution in [1.82, 2.24) is 0 Å². The van der Waals surface area contributed by atoms with Crippen LogP contribution < -0.4 is 5.73 Å². The van der Waals surface area contributed by atoms with Gasteiger partial charge in [0.2, 0.25) is 0 Å². The first kappa shape index (κ1) is 14.3. The molecule has 0 aromatic heterocycles. The highest BCUT2D eigenvalue weighted by Gasteiger charge is 2.05. The number of esters is 1. The molecule has 88 valence electrons. The summed E-state index contributed by atoms with van der Waals surface area (Å²) in [7, 11) is 0. The van der Waals surface area contributed by atoms with Crippen LogP contribution in [0.3, 0.4) is 0 Å². The van der Waals surface area contributed by atoms with Gasteiger partial charge >= 0.3 is 5.97 Å². The highest BCUT2D eigenvalue weighted by molar-refractivity contribution is 5.85. The van der Waals surface area contributed by atoms with Crippen LogP contribution in [-0.2, 0) is 16.1 Å². The lowest BCUT2D eigenvalue weighted by Crippen LogP contribution is -2.16. The number of halogens is 1. The number of ether oxygens (including phenoxy) is 1. The average Bonchev–Trinajstić information content (AvgIpc) is 2.26. The van der Waals surface area contributed by atoms with Crippen LogP contribution in [0, 0.1) is 10.1 Å². The number of nitro groups is 1. The van der Waals surface area contributed by atoms with Gasteiger partial charge in [-0.3, -0.25) is 14.9 Å². The monoisotopic (exact) mass is 246 g/mol. The van der Waals surface area contributed by atoms with Gasteiger partial charge in [0.25, 0.3) is 5.69 Å². The Morgan fingerprint density at radius 1 is 1.38 bits per heavy atom. The number of carbonyl (C=O) groups excluding carboxylic acids is 1. The zero-order valence-electron chi connectivity index (χ0n) is 8.29. The number of hydrogen-bond acceptors (Lipinski definition) is 5. The van der Waals surface area contributed by atoms with Crippen LogP contribution in [-0.4, -0.2) is 17.4 Å². The van der Waals surface area contributed by atoms with Gasteiger partial charge in [0.15, 0.2) is 0 Å². The fourth-order valence-electron chi connectivity index (χ4n) is 0.937. The van der Waals surface area contributed by atoms with Gasteiger partial charge in [0.05, 0.1) is 11.5 Å². The van der Waals surface area contributed by atoms with E-state index in [9.17, 15) is 14.9 Å². The third kappa shape index (κ3) is 4.24. The van der Waals surface area contributed by atoms with E-state index < -0.39 is 10.9 Å². The number of nitro benzene ring substituents is 1. The van der Waals surface area contributed by atoms with Gasteiger partial charge in [-0.2, -0.15) is 0 Å². The second kappa shape index (κ2) is 6.76. The first-order valence-electron chi connectivity index (χ1n) is 4.22. The van der Waals surface area contributed by atoms with Crippen molar-refractivity contribution in [3.8, 4) is 0 Å². The van der Waals surface area contributed by atoms with Crippen LogP contribution in [0.1, 0.15) is 5.56 Å². The van der Waals surface area contributed by atoms with Gasteiger partial charge in [-0.25, -0.2) is 0 Å². The van der Waals surface area contributed by atoms with Gasteiger partial charge in [0.1, 0.15) is 6.61 Å². The van der Waals surface area contributed by atoms with Crippen molar-refractivity contribution >= 4 is 24.1 Å². The summed E-state index contributed by atoms with van der Waals surface area (Å²) in [6, 6.07) is 5.76. The molecule has 0 atom stereocenters. The van der Waals surface area contributed by atoms with E-state index in [1.54, 1.807) is 0 Å². The molecule has 0 aliphatic carbocycles. The molecule has 2 N–H and O–H groups in total. The van der Waals surface area contributed by atoms with E-state index in [2.05, 4.69) is 0 Å². The molecule has 1 aromatic rings. The van der Waals surface area contributed by atoms with Crippen LogP contribution >= 0.6 is 12.4 Å². The predicted molar refractivity (Wildman–Crippen MR) is 59.2 cm³/mol. The lowest BCUT2D eigenvalue weighted by atomic mass is 10.2. The minimum absolute atomic E-state index is 0. The zero-order chi connectivity index (χ0) is 11.3. The minimum atomic E-state index is -0.506.